The van der Waals surface area contributed by atoms with Crippen molar-refractivity contribution in [3.8, 4) is 0 Å². The summed E-state index contributed by atoms with van der Waals surface area (Å²) in [7, 11) is 0. The summed E-state index contributed by atoms with van der Waals surface area (Å²) < 4.78 is 0. The fourth-order valence-corrected chi connectivity index (χ4v) is 1.99. The average Bonchev–Trinajstić information content (AvgIpc) is 2.37. The highest BCUT2D eigenvalue weighted by molar-refractivity contribution is 7.98. The third-order valence-electron chi connectivity index (χ3n) is 2.58. The second-order valence-electron chi connectivity index (χ2n) is 4.15. The topological polar surface area (TPSA) is 98.3 Å². The molecule has 1 aromatic rings. The Kier molecular flexibility index (Phi) is 5.78. The van der Waals surface area contributed by atoms with Gasteiger partial charge in [-0.2, -0.15) is 11.8 Å². The van der Waals surface area contributed by atoms with Gasteiger partial charge in [-0.25, -0.2) is 0 Å². The van der Waals surface area contributed by atoms with Crippen molar-refractivity contribution in [1.29, 1.82) is 0 Å². The smallest absolute Gasteiger partial charge is 0.293 e. The molecule has 0 unspecified atom stereocenters. The number of thioether (sulfide) groups is 1. The number of rotatable bonds is 6. The quantitative estimate of drug-likeness (QED) is 0.614. The molecule has 19 heavy (non-hydrogen) atoms. The number of benzene rings is 1. The van der Waals surface area contributed by atoms with Crippen molar-refractivity contribution in [1.82, 2.24) is 0 Å². The largest absolute Gasteiger partial charge is 0.320 e. The maximum atomic E-state index is 11.8. The van der Waals surface area contributed by atoms with Crippen molar-refractivity contribution < 1.29 is 9.72 Å². The molecule has 0 aliphatic heterocycles. The number of nitro benzene ring substituents is 1. The summed E-state index contributed by atoms with van der Waals surface area (Å²) in [6, 6.07) is 3.99. The lowest BCUT2D eigenvalue weighted by molar-refractivity contribution is -0.384. The fraction of sp³-hybridized carbons (Fsp3) is 0.417. The highest BCUT2D eigenvalue weighted by atomic mass is 32.2. The van der Waals surface area contributed by atoms with Gasteiger partial charge in [-0.3, -0.25) is 14.9 Å². The Morgan fingerprint density at radius 1 is 1.58 bits per heavy atom. The Labute approximate surface area is 115 Å². The van der Waals surface area contributed by atoms with Gasteiger partial charge in [0.2, 0.25) is 5.91 Å². The van der Waals surface area contributed by atoms with Crippen LogP contribution in [0.15, 0.2) is 18.2 Å². The van der Waals surface area contributed by atoms with Crippen LogP contribution in [0.4, 0.5) is 11.4 Å². The van der Waals surface area contributed by atoms with E-state index in [0.29, 0.717) is 6.42 Å². The summed E-state index contributed by atoms with van der Waals surface area (Å²) >= 11 is 1.60. The predicted octanol–water partition coefficient (Wildman–Crippen LogP) is 1.92. The molecule has 0 bridgehead atoms. The van der Waals surface area contributed by atoms with Gasteiger partial charge in [0, 0.05) is 6.07 Å². The molecule has 1 amide bonds. The molecule has 0 radical (unpaired) electrons. The average molecular weight is 283 g/mol. The van der Waals surface area contributed by atoms with Crippen LogP contribution in [0.5, 0.6) is 0 Å². The summed E-state index contributed by atoms with van der Waals surface area (Å²) in [5, 5.41) is 13.4. The lowest BCUT2D eigenvalue weighted by atomic mass is 10.1. The standard InChI is InChI=1S/C12H17N3O3S/c1-8-3-4-10(11(7-8)15(17)18)14-12(16)9(13)5-6-19-2/h3-4,7,9H,5-6,13H2,1-2H3,(H,14,16)/t9-/m1/s1. The first-order valence-electron chi connectivity index (χ1n) is 5.76. The number of carbonyl (C=O) groups is 1. The van der Waals surface area contributed by atoms with E-state index in [9.17, 15) is 14.9 Å². The van der Waals surface area contributed by atoms with E-state index in [1.165, 1.54) is 12.1 Å². The molecule has 0 heterocycles. The number of hydrogen-bond donors (Lipinski definition) is 2. The molecule has 0 saturated heterocycles. The fourth-order valence-electron chi connectivity index (χ4n) is 1.50. The zero-order valence-corrected chi connectivity index (χ0v) is 11.7. The number of nitro groups is 1. The Morgan fingerprint density at radius 3 is 2.84 bits per heavy atom. The Bertz CT molecular complexity index is 479. The molecule has 1 rings (SSSR count). The maximum absolute atomic E-state index is 11.8. The van der Waals surface area contributed by atoms with Gasteiger partial charge in [0.1, 0.15) is 5.69 Å². The van der Waals surface area contributed by atoms with E-state index in [2.05, 4.69) is 5.32 Å². The molecule has 3 N–H and O–H groups in total. The zero-order chi connectivity index (χ0) is 14.4. The second kappa shape index (κ2) is 7.10. The van der Waals surface area contributed by atoms with Crippen molar-refractivity contribution in [2.75, 3.05) is 17.3 Å². The van der Waals surface area contributed by atoms with E-state index in [1.807, 2.05) is 6.26 Å². The van der Waals surface area contributed by atoms with E-state index in [0.717, 1.165) is 11.3 Å². The van der Waals surface area contributed by atoms with Crippen LogP contribution in [0.25, 0.3) is 0 Å². The summed E-state index contributed by atoms with van der Waals surface area (Å²) in [5.41, 5.74) is 6.53. The Balaban J connectivity index is 2.81. The number of aryl methyl sites for hydroxylation is 1. The van der Waals surface area contributed by atoms with E-state index in [4.69, 9.17) is 5.73 Å². The van der Waals surface area contributed by atoms with Crippen molar-refractivity contribution >= 4 is 29.0 Å². The minimum atomic E-state index is -0.659. The van der Waals surface area contributed by atoms with Crippen molar-refractivity contribution in [3.63, 3.8) is 0 Å². The molecule has 0 saturated carbocycles. The number of nitrogens with zero attached hydrogens (tertiary/aromatic N) is 1. The number of nitrogens with two attached hydrogens (primary N) is 1. The van der Waals surface area contributed by atoms with Gasteiger partial charge in [0.05, 0.1) is 11.0 Å². The molecule has 0 aromatic heterocycles. The second-order valence-corrected chi connectivity index (χ2v) is 5.14. The number of hydrogen-bond acceptors (Lipinski definition) is 5. The van der Waals surface area contributed by atoms with Crippen LogP contribution >= 0.6 is 11.8 Å². The minimum Gasteiger partial charge on any atom is -0.320 e. The molecule has 0 spiro atoms. The first kappa shape index (κ1) is 15.5. The first-order chi connectivity index (χ1) is 8.95. The predicted molar refractivity (Wildman–Crippen MR) is 77.4 cm³/mol. The van der Waals surface area contributed by atoms with Crippen LogP contribution < -0.4 is 11.1 Å². The molecular formula is C12H17N3O3S. The highest BCUT2D eigenvalue weighted by Crippen LogP contribution is 2.25. The van der Waals surface area contributed by atoms with Crippen molar-refractivity contribution in [3.05, 3.63) is 33.9 Å². The van der Waals surface area contributed by atoms with Crippen molar-refractivity contribution in [2.45, 2.75) is 19.4 Å². The van der Waals surface area contributed by atoms with Gasteiger partial charge in [-0.05, 0) is 37.0 Å². The molecule has 0 aliphatic rings. The molecular weight excluding hydrogens is 266 g/mol. The molecule has 7 heteroatoms. The van der Waals surface area contributed by atoms with E-state index >= 15 is 0 Å². The molecule has 1 aromatic carbocycles. The third kappa shape index (κ3) is 4.53. The monoisotopic (exact) mass is 283 g/mol. The SMILES string of the molecule is CSCC[C@@H](N)C(=O)Nc1ccc(C)cc1[N+](=O)[O-]. The Morgan fingerprint density at radius 2 is 2.26 bits per heavy atom. The van der Waals surface area contributed by atoms with E-state index in [1.54, 1.807) is 24.8 Å². The number of amides is 1. The van der Waals surface area contributed by atoms with Crippen LogP contribution in [0, 0.1) is 17.0 Å². The number of anilines is 1. The summed E-state index contributed by atoms with van der Waals surface area (Å²) in [6.07, 6.45) is 2.46. The molecule has 1 atom stereocenters. The highest BCUT2D eigenvalue weighted by Gasteiger charge is 2.19. The van der Waals surface area contributed by atoms with E-state index < -0.39 is 16.9 Å². The number of carbonyl (C=O) groups excluding carboxylic acids is 1. The normalized spacial score (nSPS) is 11.9. The summed E-state index contributed by atoms with van der Waals surface area (Å²) in [4.78, 5) is 22.2. The van der Waals surface area contributed by atoms with Crippen LogP contribution in [0.1, 0.15) is 12.0 Å². The van der Waals surface area contributed by atoms with Gasteiger partial charge in [-0.1, -0.05) is 6.07 Å². The summed E-state index contributed by atoms with van der Waals surface area (Å²) in [6.45, 7) is 1.75. The first-order valence-corrected chi connectivity index (χ1v) is 7.15. The molecule has 6 nitrogen and oxygen atoms in total. The van der Waals surface area contributed by atoms with Crippen LogP contribution in [0.2, 0.25) is 0 Å². The van der Waals surface area contributed by atoms with Crippen LogP contribution in [-0.2, 0) is 4.79 Å². The Hall–Kier alpha value is -1.60. The lowest BCUT2D eigenvalue weighted by Crippen LogP contribution is -2.36. The number of nitrogens with one attached hydrogen (secondary N) is 1. The maximum Gasteiger partial charge on any atom is 0.293 e. The van der Waals surface area contributed by atoms with Gasteiger partial charge in [0.25, 0.3) is 5.69 Å². The third-order valence-corrected chi connectivity index (χ3v) is 3.22. The molecule has 0 fully saturated rings. The van der Waals surface area contributed by atoms with Crippen LogP contribution in [0.3, 0.4) is 0 Å². The molecule has 0 aliphatic carbocycles. The van der Waals surface area contributed by atoms with E-state index in [-0.39, 0.29) is 11.4 Å². The van der Waals surface area contributed by atoms with Gasteiger partial charge >= 0.3 is 0 Å². The van der Waals surface area contributed by atoms with Gasteiger partial charge < -0.3 is 11.1 Å². The zero-order valence-electron chi connectivity index (χ0n) is 10.9. The summed E-state index contributed by atoms with van der Waals surface area (Å²) in [5.74, 6) is 0.367. The van der Waals surface area contributed by atoms with Crippen molar-refractivity contribution in [2.24, 2.45) is 5.73 Å². The van der Waals surface area contributed by atoms with Crippen LogP contribution in [-0.4, -0.2) is 28.9 Å². The van der Waals surface area contributed by atoms with Gasteiger partial charge in [-0.15, -0.1) is 0 Å². The molecule has 104 valence electrons. The minimum absolute atomic E-state index is 0.120. The lowest BCUT2D eigenvalue weighted by Gasteiger charge is -2.12. The van der Waals surface area contributed by atoms with Gasteiger partial charge in [0.15, 0.2) is 0 Å².